The number of halogens is 1. The molecule has 2 rings (SSSR count). The average Bonchev–Trinajstić information content (AvgIpc) is 3.12. The Bertz CT molecular complexity index is 376. The van der Waals surface area contributed by atoms with Crippen molar-refractivity contribution in [1.29, 1.82) is 0 Å². The molecule has 1 aliphatic carbocycles. The van der Waals surface area contributed by atoms with Crippen molar-refractivity contribution in [3.8, 4) is 0 Å². The average molecular weight is 236 g/mol. The van der Waals surface area contributed by atoms with Crippen LogP contribution in [0.3, 0.4) is 0 Å². The van der Waals surface area contributed by atoms with Crippen LogP contribution in [0.5, 0.6) is 0 Å². The van der Waals surface area contributed by atoms with Crippen molar-refractivity contribution in [2.75, 3.05) is 13.6 Å². The van der Waals surface area contributed by atoms with E-state index in [4.69, 9.17) is 5.73 Å². The van der Waals surface area contributed by atoms with Gasteiger partial charge in [0.25, 0.3) is 0 Å². The van der Waals surface area contributed by atoms with Crippen molar-refractivity contribution < 1.29 is 4.39 Å². The second-order valence-corrected chi connectivity index (χ2v) is 5.20. The summed E-state index contributed by atoms with van der Waals surface area (Å²) in [6.45, 7) is 3.02. The molecule has 0 saturated heterocycles. The van der Waals surface area contributed by atoms with Crippen molar-refractivity contribution in [3.05, 3.63) is 35.6 Å². The molecule has 0 aromatic heterocycles. The lowest BCUT2D eigenvalue weighted by atomic mass is 9.94. The van der Waals surface area contributed by atoms with Gasteiger partial charge in [0.15, 0.2) is 0 Å². The zero-order chi connectivity index (χ0) is 12.4. The molecule has 1 aromatic carbocycles. The molecule has 0 bridgehead atoms. The maximum absolute atomic E-state index is 13.6. The molecule has 0 aliphatic heterocycles. The van der Waals surface area contributed by atoms with Crippen LogP contribution in [0.15, 0.2) is 24.3 Å². The van der Waals surface area contributed by atoms with Crippen LogP contribution in [-0.2, 0) is 0 Å². The highest BCUT2D eigenvalue weighted by Gasteiger charge is 2.28. The molecule has 1 aliphatic rings. The third-order valence-electron chi connectivity index (χ3n) is 3.62. The fraction of sp³-hybridized carbons (Fsp3) is 0.571. The molecule has 2 N–H and O–H groups in total. The predicted molar refractivity (Wildman–Crippen MR) is 68.1 cm³/mol. The first-order valence-electron chi connectivity index (χ1n) is 6.30. The Balaban J connectivity index is 1.98. The van der Waals surface area contributed by atoms with E-state index in [1.54, 1.807) is 12.1 Å². The summed E-state index contributed by atoms with van der Waals surface area (Å²) in [6.07, 6.45) is 2.58. The van der Waals surface area contributed by atoms with Gasteiger partial charge in [-0.15, -0.1) is 0 Å². The molecule has 0 heterocycles. The summed E-state index contributed by atoms with van der Waals surface area (Å²) in [5.41, 5.74) is 6.77. The second-order valence-electron chi connectivity index (χ2n) is 5.20. The maximum Gasteiger partial charge on any atom is 0.127 e. The van der Waals surface area contributed by atoms with Crippen LogP contribution in [0, 0.1) is 11.7 Å². The van der Waals surface area contributed by atoms with E-state index in [1.807, 2.05) is 6.07 Å². The third kappa shape index (κ3) is 3.05. The Kier molecular flexibility index (Phi) is 3.79. The number of hydrogen-bond acceptors (Lipinski definition) is 2. The van der Waals surface area contributed by atoms with E-state index in [9.17, 15) is 4.39 Å². The number of hydrogen-bond donors (Lipinski definition) is 1. The van der Waals surface area contributed by atoms with Gasteiger partial charge in [-0.1, -0.05) is 25.1 Å². The highest BCUT2D eigenvalue weighted by Crippen LogP contribution is 2.28. The van der Waals surface area contributed by atoms with Crippen LogP contribution >= 0.6 is 0 Å². The first kappa shape index (κ1) is 12.5. The summed E-state index contributed by atoms with van der Waals surface area (Å²) in [5.74, 6) is 0.0680. The number of benzene rings is 1. The van der Waals surface area contributed by atoms with Crippen LogP contribution in [0.1, 0.15) is 31.4 Å². The lowest BCUT2D eigenvalue weighted by Gasteiger charge is -2.26. The molecule has 94 valence electrons. The van der Waals surface area contributed by atoms with Crippen molar-refractivity contribution in [3.63, 3.8) is 0 Å². The summed E-state index contributed by atoms with van der Waals surface area (Å²) in [6, 6.07) is 7.31. The van der Waals surface area contributed by atoms with Gasteiger partial charge in [0.1, 0.15) is 5.82 Å². The minimum absolute atomic E-state index is 0.194. The van der Waals surface area contributed by atoms with Crippen molar-refractivity contribution in [2.24, 2.45) is 11.7 Å². The van der Waals surface area contributed by atoms with Crippen molar-refractivity contribution in [2.45, 2.75) is 31.8 Å². The Labute approximate surface area is 103 Å². The fourth-order valence-electron chi connectivity index (χ4n) is 2.28. The Hall–Kier alpha value is -0.930. The van der Waals surface area contributed by atoms with E-state index in [-0.39, 0.29) is 17.8 Å². The Morgan fingerprint density at radius 3 is 2.65 bits per heavy atom. The number of nitrogens with zero attached hydrogens (tertiary/aromatic N) is 1. The van der Waals surface area contributed by atoms with Gasteiger partial charge >= 0.3 is 0 Å². The zero-order valence-electron chi connectivity index (χ0n) is 10.6. The number of rotatable bonds is 5. The molecule has 1 aromatic rings. The standard InChI is InChI=1S/C14H21FN2/c1-10(9-17(2)11-7-8-11)14(16)12-5-3-4-6-13(12)15/h3-6,10-11,14H,7-9,16H2,1-2H3. The van der Waals surface area contributed by atoms with E-state index in [0.29, 0.717) is 5.56 Å². The molecule has 0 spiro atoms. The normalized spacial score (nSPS) is 19.4. The van der Waals surface area contributed by atoms with Gasteiger partial charge in [-0.3, -0.25) is 0 Å². The summed E-state index contributed by atoms with van der Waals surface area (Å²) in [4.78, 5) is 2.34. The van der Waals surface area contributed by atoms with Crippen LogP contribution in [0.2, 0.25) is 0 Å². The molecule has 0 amide bonds. The molecule has 2 unspecified atom stereocenters. The van der Waals surface area contributed by atoms with E-state index >= 15 is 0 Å². The molecule has 2 atom stereocenters. The summed E-state index contributed by atoms with van der Waals surface area (Å²) in [7, 11) is 2.13. The summed E-state index contributed by atoms with van der Waals surface area (Å²) in [5, 5.41) is 0. The van der Waals surface area contributed by atoms with Crippen LogP contribution < -0.4 is 5.73 Å². The zero-order valence-corrected chi connectivity index (χ0v) is 10.6. The lowest BCUT2D eigenvalue weighted by molar-refractivity contribution is 0.254. The quantitative estimate of drug-likeness (QED) is 0.851. The summed E-state index contributed by atoms with van der Waals surface area (Å²) < 4.78 is 13.6. The molecule has 1 fully saturated rings. The fourth-order valence-corrected chi connectivity index (χ4v) is 2.28. The molecule has 0 radical (unpaired) electrons. The van der Waals surface area contributed by atoms with E-state index in [1.165, 1.54) is 18.9 Å². The molecular formula is C14H21FN2. The van der Waals surface area contributed by atoms with Gasteiger partial charge in [0, 0.05) is 24.2 Å². The second kappa shape index (κ2) is 5.15. The highest BCUT2D eigenvalue weighted by atomic mass is 19.1. The van der Waals surface area contributed by atoms with Crippen molar-refractivity contribution >= 4 is 0 Å². The Morgan fingerprint density at radius 1 is 1.41 bits per heavy atom. The van der Waals surface area contributed by atoms with Gasteiger partial charge in [-0.05, 0) is 31.9 Å². The minimum atomic E-state index is -0.225. The molecule has 3 heteroatoms. The molecular weight excluding hydrogens is 215 g/mol. The lowest BCUT2D eigenvalue weighted by Crippen LogP contribution is -2.32. The Morgan fingerprint density at radius 2 is 2.06 bits per heavy atom. The van der Waals surface area contributed by atoms with Gasteiger partial charge in [-0.25, -0.2) is 4.39 Å². The minimum Gasteiger partial charge on any atom is -0.324 e. The molecule has 2 nitrogen and oxygen atoms in total. The van der Waals surface area contributed by atoms with Crippen LogP contribution in [0.25, 0.3) is 0 Å². The topological polar surface area (TPSA) is 29.3 Å². The van der Waals surface area contributed by atoms with E-state index in [2.05, 4.69) is 18.9 Å². The van der Waals surface area contributed by atoms with Crippen LogP contribution in [0.4, 0.5) is 4.39 Å². The molecule has 17 heavy (non-hydrogen) atoms. The van der Waals surface area contributed by atoms with Gasteiger partial charge < -0.3 is 10.6 Å². The van der Waals surface area contributed by atoms with Gasteiger partial charge in [0.05, 0.1) is 0 Å². The van der Waals surface area contributed by atoms with Gasteiger partial charge in [0.2, 0.25) is 0 Å². The first-order valence-corrected chi connectivity index (χ1v) is 6.30. The SMILES string of the molecule is CC(CN(C)C1CC1)C(N)c1ccccc1F. The predicted octanol–water partition coefficient (Wildman–Crippen LogP) is 2.56. The monoisotopic (exact) mass is 236 g/mol. The number of nitrogens with two attached hydrogens (primary N) is 1. The summed E-state index contributed by atoms with van der Waals surface area (Å²) >= 11 is 0. The van der Waals surface area contributed by atoms with Crippen LogP contribution in [-0.4, -0.2) is 24.5 Å². The first-order chi connectivity index (χ1) is 8.09. The maximum atomic E-state index is 13.6. The molecule has 1 saturated carbocycles. The smallest absolute Gasteiger partial charge is 0.127 e. The van der Waals surface area contributed by atoms with E-state index in [0.717, 1.165) is 12.6 Å². The highest BCUT2D eigenvalue weighted by molar-refractivity contribution is 5.21. The largest absolute Gasteiger partial charge is 0.324 e. The van der Waals surface area contributed by atoms with Crippen molar-refractivity contribution in [1.82, 2.24) is 4.90 Å². The van der Waals surface area contributed by atoms with Gasteiger partial charge in [-0.2, -0.15) is 0 Å². The third-order valence-corrected chi connectivity index (χ3v) is 3.62. The van der Waals surface area contributed by atoms with E-state index < -0.39 is 0 Å².